The molecule has 1 aromatic rings. The molecule has 0 aliphatic heterocycles. The van der Waals surface area contributed by atoms with Crippen molar-refractivity contribution in [2.75, 3.05) is 25.6 Å². The summed E-state index contributed by atoms with van der Waals surface area (Å²) in [5.41, 5.74) is 0.276. The molecule has 5 nitrogen and oxygen atoms in total. The van der Waals surface area contributed by atoms with Crippen molar-refractivity contribution < 1.29 is 9.84 Å². The zero-order valence-corrected chi connectivity index (χ0v) is 9.44. The van der Waals surface area contributed by atoms with Crippen LogP contribution in [0.25, 0.3) is 0 Å². The van der Waals surface area contributed by atoms with Crippen molar-refractivity contribution in [3.05, 3.63) is 12.4 Å². The second-order valence-corrected chi connectivity index (χ2v) is 4.27. The molecule has 0 atom stereocenters. The van der Waals surface area contributed by atoms with Crippen LogP contribution in [0, 0.1) is 5.41 Å². The lowest BCUT2D eigenvalue weighted by molar-refractivity contribution is 0.253. The molecule has 2 N–H and O–H groups in total. The summed E-state index contributed by atoms with van der Waals surface area (Å²) in [5.74, 6) is 1.27. The summed E-state index contributed by atoms with van der Waals surface area (Å²) in [5, 5.41) is 12.1. The molecular formula is C11H17N3O2. The van der Waals surface area contributed by atoms with Crippen molar-refractivity contribution in [3.63, 3.8) is 0 Å². The maximum atomic E-state index is 8.93. The molecule has 1 saturated carbocycles. The van der Waals surface area contributed by atoms with Crippen LogP contribution in [-0.2, 0) is 0 Å². The number of nitrogens with zero attached hydrogens (tertiary/aromatic N) is 2. The monoisotopic (exact) mass is 223 g/mol. The average molecular weight is 223 g/mol. The summed E-state index contributed by atoms with van der Waals surface area (Å²) in [7, 11) is 1.59. The Labute approximate surface area is 94.9 Å². The molecule has 0 spiro atoms. The SMILES string of the molecule is COc1cnc(NCC2(CCO)CC2)nc1. The largest absolute Gasteiger partial charge is 0.494 e. The fraction of sp³-hybridized carbons (Fsp3) is 0.636. The molecule has 1 aliphatic rings. The van der Waals surface area contributed by atoms with Crippen LogP contribution < -0.4 is 10.1 Å². The van der Waals surface area contributed by atoms with E-state index in [-0.39, 0.29) is 12.0 Å². The van der Waals surface area contributed by atoms with E-state index >= 15 is 0 Å². The fourth-order valence-corrected chi connectivity index (χ4v) is 1.71. The van der Waals surface area contributed by atoms with Crippen LogP contribution in [0.15, 0.2) is 12.4 Å². The van der Waals surface area contributed by atoms with Crippen molar-refractivity contribution in [1.29, 1.82) is 0 Å². The number of nitrogens with one attached hydrogen (secondary N) is 1. The zero-order valence-electron chi connectivity index (χ0n) is 9.44. The number of methoxy groups -OCH3 is 1. The first kappa shape index (κ1) is 11.1. The molecule has 1 aliphatic carbocycles. The number of hydrogen-bond acceptors (Lipinski definition) is 5. The standard InChI is InChI=1S/C11H17N3O2/c1-16-9-6-12-10(13-7-9)14-8-11(2-3-11)4-5-15/h6-7,15H,2-5,8H2,1H3,(H,12,13,14). The number of aromatic nitrogens is 2. The van der Waals surface area contributed by atoms with E-state index in [0.29, 0.717) is 11.7 Å². The van der Waals surface area contributed by atoms with Crippen LogP contribution in [0.5, 0.6) is 5.75 Å². The predicted octanol–water partition coefficient (Wildman–Crippen LogP) is 1.06. The van der Waals surface area contributed by atoms with Gasteiger partial charge in [0.15, 0.2) is 5.75 Å². The first-order valence-electron chi connectivity index (χ1n) is 5.49. The van der Waals surface area contributed by atoms with E-state index in [1.54, 1.807) is 19.5 Å². The lowest BCUT2D eigenvalue weighted by Gasteiger charge is -2.14. The van der Waals surface area contributed by atoms with Gasteiger partial charge in [-0.05, 0) is 24.7 Å². The molecule has 88 valence electrons. The van der Waals surface area contributed by atoms with E-state index in [4.69, 9.17) is 9.84 Å². The Bertz CT molecular complexity index is 336. The Morgan fingerprint density at radius 1 is 1.44 bits per heavy atom. The fourth-order valence-electron chi connectivity index (χ4n) is 1.71. The number of rotatable bonds is 6. The lowest BCUT2D eigenvalue weighted by atomic mass is 10.0. The van der Waals surface area contributed by atoms with Gasteiger partial charge < -0.3 is 15.2 Å². The van der Waals surface area contributed by atoms with Crippen molar-refractivity contribution >= 4 is 5.95 Å². The van der Waals surface area contributed by atoms with Gasteiger partial charge >= 0.3 is 0 Å². The number of aliphatic hydroxyl groups excluding tert-OH is 1. The molecule has 0 aromatic carbocycles. The molecule has 16 heavy (non-hydrogen) atoms. The van der Waals surface area contributed by atoms with Crippen LogP contribution in [-0.4, -0.2) is 35.3 Å². The van der Waals surface area contributed by atoms with Crippen LogP contribution in [0.1, 0.15) is 19.3 Å². The lowest BCUT2D eigenvalue weighted by Crippen LogP contribution is -2.18. The van der Waals surface area contributed by atoms with Crippen LogP contribution in [0.3, 0.4) is 0 Å². The van der Waals surface area contributed by atoms with Crippen LogP contribution >= 0.6 is 0 Å². The predicted molar refractivity (Wildman–Crippen MR) is 60.4 cm³/mol. The number of aliphatic hydroxyl groups is 1. The van der Waals surface area contributed by atoms with Gasteiger partial charge in [-0.25, -0.2) is 9.97 Å². The molecule has 1 aromatic heterocycles. The first-order chi connectivity index (χ1) is 7.78. The molecule has 1 fully saturated rings. The summed E-state index contributed by atoms with van der Waals surface area (Å²) in [6.07, 6.45) is 6.49. The minimum absolute atomic E-state index is 0.255. The Hall–Kier alpha value is -1.36. The summed E-state index contributed by atoms with van der Waals surface area (Å²) in [4.78, 5) is 8.26. The van der Waals surface area contributed by atoms with Gasteiger partial charge in [0.05, 0.1) is 19.5 Å². The van der Waals surface area contributed by atoms with E-state index in [1.807, 2.05) is 0 Å². The molecule has 1 heterocycles. The van der Waals surface area contributed by atoms with Crippen LogP contribution in [0.4, 0.5) is 5.95 Å². The highest BCUT2D eigenvalue weighted by Crippen LogP contribution is 2.48. The van der Waals surface area contributed by atoms with Gasteiger partial charge in [0, 0.05) is 13.2 Å². The molecule has 0 bridgehead atoms. The molecule has 5 heteroatoms. The summed E-state index contributed by atoms with van der Waals surface area (Å²) in [6.45, 7) is 1.09. The van der Waals surface area contributed by atoms with Gasteiger partial charge in [-0.1, -0.05) is 0 Å². The van der Waals surface area contributed by atoms with Gasteiger partial charge in [-0.15, -0.1) is 0 Å². The Morgan fingerprint density at radius 2 is 2.12 bits per heavy atom. The van der Waals surface area contributed by atoms with Crippen molar-refractivity contribution in [2.24, 2.45) is 5.41 Å². The van der Waals surface area contributed by atoms with E-state index in [0.717, 1.165) is 13.0 Å². The van der Waals surface area contributed by atoms with Gasteiger partial charge in [-0.3, -0.25) is 0 Å². The van der Waals surface area contributed by atoms with Crippen LogP contribution in [0.2, 0.25) is 0 Å². The second-order valence-electron chi connectivity index (χ2n) is 4.27. The minimum atomic E-state index is 0.255. The Morgan fingerprint density at radius 3 is 2.62 bits per heavy atom. The van der Waals surface area contributed by atoms with E-state index < -0.39 is 0 Å². The van der Waals surface area contributed by atoms with Gasteiger partial charge in [0.2, 0.25) is 5.95 Å². The molecule has 0 saturated heterocycles. The maximum Gasteiger partial charge on any atom is 0.222 e. The molecule has 0 unspecified atom stereocenters. The highest BCUT2D eigenvalue weighted by molar-refractivity contribution is 5.28. The Kier molecular flexibility index (Phi) is 3.24. The number of ether oxygens (including phenoxy) is 1. The molecule has 0 radical (unpaired) electrons. The van der Waals surface area contributed by atoms with Gasteiger partial charge in [0.25, 0.3) is 0 Å². The third-order valence-corrected chi connectivity index (χ3v) is 3.08. The van der Waals surface area contributed by atoms with Crippen molar-refractivity contribution in [2.45, 2.75) is 19.3 Å². The maximum absolute atomic E-state index is 8.93. The summed E-state index contributed by atoms with van der Waals surface area (Å²) >= 11 is 0. The third kappa shape index (κ3) is 2.61. The summed E-state index contributed by atoms with van der Waals surface area (Å²) in [6, 6.07) is 0. The second kappa shape index (κ2) is 4.65. The quantitative estimate of drug-likeness (QED) is 0.754. The number of anilines is 1. The van der Waals surface area contributed by atoms with Gasteiger partial charge in [0.1, 0.15) is 0 Å². The third-order valence-electron chi connectivity index (χ3n) is 3.08. The van der Waals surface area contributed by atoms with E-state index in [2.05, 4.69) is 15.3 Å². The minimum Gasteiger partial charge on any atom is -0.494 e. The smallest absolute Gasteiger partial charge is 0.222 e. The first-order valence-corrected chi connectivity index (χ1v) is 5.49. The number of hydrogen-bond donors (Lipinski definition) is 2. The normalized spacial score (nSPS) is 16.9. The van der Waals surface area contributed by atoms with Crippen molar-refractivity contribution in [1.82, 2.24) is 9.97 Å². The zero-order chi connectivity index (χ0) is 11.4. The Balaban J connectivity index is 1.85. The molecular weight excluding hydrogens is 206 g/mol. The molecule has 2 rings (SSSR count). The molecule has 0 amide bonds. The van der Waals surface area contributed by atoms with Crippen molar-refractivity contribution in [3.8, 4) is 5.75 Å². The van der Waals surface area contributed by atoms with Gasteiger partial charge in [-0.2, -0.15) is 0 Å². The van der Waals surface area contributed by atoms with E-state index in [1.165, 1.54) is 12.8 Å². The van der Waals surface area contributed by atoms with E-state index in [9.17, 15) is 0 Å². The summed E-state index contributed by atoms with van der Waals surface area (Å²) < 4.78 is 4.98. The average Bonchev–Trinajstić information content (AvgIpc) is 3.08. The topological polar surface area (TPSA) is 67.3 Å². The highest BCUT2D eigenvalue weighted by atomic mass is 16.5. The highest BCUT2D eigenvalue weighted by Gasteiger charge is 2.41.